The molecule has 8 heteroatoms. The van der Waals surface area contributed by atoms with Crippen molar-refractivity contribution in [3.8, 4) is 0 Å². The van der Waals surface area contributed by atoms with E-state index in [1.165, 1.54) is 6.92 Å². The molecular formula is C9H17N2O5P. The maximum Gasteiger partial charge on any atom is 0.334 e. The van der Waals surface area contributed by atoms with E-state index in [0.29, 0.717) is 0 Å². The minimum Gasteiger partial charge on any atom is -0.324 e. The van der Waals surface area contributed by atoms with Gasteiger partial charge in [-0.15, -0.1) is 0 Å². The van der Waals surface area contributed by atoms with Gasteiger partial charge in [-0.05, 0) is 19.8 Å². The number of urea groups is 1. The molecule has 1 unspecified atom stereocenters. The van der Waals surface area contributed by atoms with Crippen LogP contribution < -0.4 is 10.6 Å². The number of hydrogen-bond donors (Lipinski definition) is 4. The van der Waals surface area contributed by atoms with E-state index >= 15 is 0 Å². The highest BCUT2D eigenvalue weighted by Gasteiger charge is 2.64. The first kappa shape index (κ1) is 14.2. The number of hydrogen-bond acceptors (Lipinski definition) is 3. The highest BCUT2D eigenvalue weighted by Crippen LogP contribution is 2.60. The summed E-state index contributed by atoms with van der Waals surface area (Å²) in [6, 6.07) is -0.725. The summed E-state index contributed by atoms with van der Waals surface area (Å²) < 4.78 is 11.7. The van der Waals surface area contributed by atoms with E-state index in [-0.39, 0.29) is 12.8 Å². The second-order valence-electron chi connectivity index (χ2n) is 4.32. The fraction of sp³-hybridized carbons (Fsp3) is 0.778. The molecule has 0 spiro atoms. The Morgan fingerprint density at radius 1 is 1.29 bits per heavy atom. The Balaban J connectivity index is 3.39. The highest BCUT2D eigenvalue weighted by molar-refractivity contribution is 7.53. The molecule has 0 aliphatic carbocycles. The molecule has 1 atom stereocenters. The lowest BCUT2D eigenvalue weighted by molar-refractivity contribution is -0.125. The minimum atomic E-state index is -4.56. The molecule has 0 aromatic heterocycles. The summed E-state index contributed by atoms with van der Waals surface area (Å²) in [5.74, 6) is -0.700. The molecule has 0 aromatic carbocycles. The first-order valence-corrected chi connectivity index (χ1v) is 6.95. The van der Waals surface area contributed by atoms with E-state index in [4.69, 9.17) is 0 Å². The van der Waals surface area contributed by atoms with Gasteiger partial charge in [-0.25, -0.2) is 4.79 Å². The van der Waals surface area contributed by atoms with Crippen LogP contribution >= 0.6 is 7.60 Å². The van der Waals surface area contributed by atoms with Crippen LogP contribution in [0.25, 0.3) is 0 Å². The summed E-state index contributed by atoms with van der Waals surface area (Å²) in [5.41, 5.74) is -1.59. The highest BCUT2D eigenvalue weighted by atomic mass is 31.2. The van der Waals surface area contributed by atoms with Crippen LogP contribution in [-0.4, -0.2) is 32.4 Å². The first-order chi connectivity index (χ1) is 7.64. The van der Waals surface area contributed by atoms with Crippen LogP contribution in [0.3, 0.4) is 0 Å². The van der Waals surface area contributed by atoms with Crippen LogP contribution in [-0.2, 0) is 9.36 Å². The third kappa shape index (κ3) is 1.78. The van der Waals surface area contributed by atoms with Gasteiger partial charge in [-0.3, -0.25) is 14.7 Å². The van der Waals surface area contributed by atoms with Crippen LogP contribution in [0, 0.1) is 0 Å². The fourth-order valence-electron chi connectivity index (χ4n) is 2.53. The summed E-state index contributed by atoms with van der Waals surface area (Å²) in [5, 5.41) is 2.77. The van der Waals surface area contributed by atoms with Crippen molar-refractivity contribution in [1.82, 2.24) is 10.6 Å². The van der Waals surface area contributed by atoms with Crippen molar-refractivity contribution in [2.75, 3.05) is 0 Å². The molecule has 0 radical (unpaired) electrons. The predicted octanol–water partition coefficient (Wildman–Crippen LogP) is 0.321. The molecule has 7 nitrogen and oxygen atoms in total. The molecule has 1 fully saturated rings. The molecule has 3 amide bonds. The van der Waals surface area contributed by atoms with E-state index in [1.807, 2.05) is 5.32 Å². The van der Waals surface area contributed by atoms with Crippen molar-refractivity contribution in [3.05, 3.63) is 0 Å². The summed E-state index contributed by atoms with van der Waals surface area (Å²) in [4.78, 5) is 42.0. The predicted molar refractivity (Wildman–Crippen MR) is 60.4 cm³/mol. The normalized spacial score (nSPS) is 25.7. The lowest BCUT2D eigenvalue weighted by Crippen LogP contribution is -2.61. The van der Waals surface area contributed by atoms with Crippen LogP contribution in [0.1, 0.15) is 33.6 Å². The number of rotatable bonds is 4. The van der Waals surface area contributed by atoms with Gasteiger partial charge in [0.15, 0.2) is 0 Å². The van der Waals surface area contributed by atoms with Gasteiger partial charge in [0.2, 0.25) is 0 Å². The Morgan fingerprint density at radius 3 is 2.00 bits per heavy atom. The van der Waals surface area contributed by atoms with Crippen LogP contribution in [0.15, 0.2) is 0 Å². The minimum absolute atomic E-state index is 0.0813. The smallest absolute Gasteiger partial charge is 0.324 e. The van der Waals surface area contributed by atoms with Crippen molar-refractivity contribution < 1.29 is 23.9 Å². The van der Waals surface area contributed by atoms with Crippen LogP contribution in [0.2, 0.25) is 0 Å². The lowest BCUT2D eigenvalue weighted by Gasteiger charge is -2.43. The van der Waals surface area contributed by atoms with Gasteiger partial charge in [0.05, 0.1) is 0 Å². The number of imide groups is 1. The first-order valence-electron chi connectivity index (χ1n) is 5.34. The molecule has 1 aliphatic rings. The van der Waals surface area contributed by atoms with E-state index in [0.717, 1.165) is 0 Å². The van der Waals surface area contributed by atoms with Crippen molar-refractivity contribution in [1.29, 1.82) is 0 Å². The molecule has 1 rings (SSSR count). The number of carbonyl (C=O) groups is 2. The number of amides is 3. The Kier molecular flexibility index (Phi) is 3.40. The van der Waals surface area contributed by atoms with Crippen molar-refractivity contribution in [3.63, 3.8) is 0 Å². The van der Waals surface area contributed by atoms with Gasteiger partial charge in [0.25, 0.3) is 5.91 Å². The van der Waals surface area contributed by atoms with Crippen molar-refractivity contribution in [2.24, 2.45) is 0 Å². The molecule has 0 saturated carbocycles. The molecular weight excluding hydrogens is 247 g/mol. The van der Waals surface area contributed by atoms with Gasteiger partial charge >= 0.3 is 13.6 Å². The molecule has 98 valence electrons. The van der Waals surface area contributed by atoms with Gasteiger partial charge in [-0.1, -0.05) is 13.8 Å². The number of nitrogens with one attached hydrogen (secondary N) is 2. The molecule has 0 aromatic rings. The largest absolute Gasteiger partial charge is 0.334 e. The van der Waals surface area contributed by atoms with E-state index in [9.17, 15) is 23.9 Å². The summed E-state index contributed by atoms with van der Waals surface area (Å²) in [6.45, 7) is 4.52. The average Bonchev–Trinajstić information content (AvgIpc) is 2.41. The number of carbonyl (C=O) groups excluding carboxylic acids is 2. The summed E-state index contributed by atoms with van der Waals surface area (Å²) in [7, 11) is -4.56. The Hall–Kier alpha value is -0.910. The third-order valence-corrected chi connectivity index (χ3v) is 5.90. The fourth-order valence-corrected chi connectivity index (χ4v) is 4.10. The quantitative estimate of drug-likeness (QED) is 0.431. The maximum atomic E-state index is 11.8. The Labute approximate surface area is 99.1 Å². The van der Waals surface area contributed by atoms with Gasteiger partial charge in [0, 0.05) is 0 Å². The van der Waals surface area contributed by atoms with E-state index in [1.54, 1.807) is 13.8 Å². The zero-order valence-corrected chi connectivity index (χ0v) is 10.9. The van der Waals surface area contributed by atoms with Gasteiger partial charge in [0.1, 0.15) is 10.7 Å². The lowest BCUT2D eigenvalue weighted by atomic mass is 9.80. The van der Waals surface area contributed by atoms with Crippen molar-refractivity contribution in [2.45, 2.75) is 44.3 Å². The third-order valence-electron chi connectivity index (χ3n) is 3.70. The zero-order valence-electron chi connectivity index (χ0n) is 9.98. The van der Waals surface area contributed by atoms with E-state index < -0.39 is 30.2 Å². The average molecular weight is 264 g/mol. The monoisotopic (exact) mass is 264 g/mol. The maximum absolute atomic E-state index is 11.8. The molecule has 17 heavy (non-hydrogen) atoms. The Morgan fingerprint density at radius 2 is 1.76 bits per heavy atom. The molecule has 4 N–H and O–H groups in total. The van der Waals surface area contributed by atoms with Gasteiger partial charge < -0.3 is 15.1 Å². The van der Waals surface area contributed by atoms with Crippen LogP contribution in [0.5, 0.6) is 0 Å². The second kappa shape index (κ2) is 4.08. The standard InChI is InChI=1S/C9H17N2O5P/c1-4-9(5-2,17(14,15)16)8(3)6(12)10-7(13)11-8/h4-5H2,1-3H3,(H2,14,15,16)(H2,10,11,12,13). The molecule has 1 heterocycles. The summed E-state index contributed by atoms with van der Waals surface area (Å²) in [6.07, 6.45) is 0.163. The zero-order chi connectivity index (χ0) is 13.5. The molecule has 0 bridgehead atoms. The van der Waals surface area contributed by atoms with Crippen molar-refractivity contribution >= 4 is 19.5 Å². The summed E-state index contributed by atoms with van der Waals surface area (Å²) >= 11 is 0. The second-order valence-corrected chi connectivity index (χ2v) is 6.26. The van der Waals surface area contributed by atoms with E-state index in [2.05, 4.69) is 5.32 Å². The topological polar surface area (TPSA) is 116 Å². The van der Waals surface area contributed by atoms with Crippen LogP contribution in [0.4, 0.5) is 4.79 Å². The van der Waals surface area contributed by atoms with Gasteiger partial charge in [-0.2, -0.15) is 0 Å². The molecule has 1 saturated heterocycles. The Bertz CT molecular complexity index is 400. The molecule has 1 aliphatic heterocycles. The SMILES string of the molecule is CCC(CC)(C1(C)NC(=O)NC1=O)P(=O)(O)O.